The summed E-state index contributed by atoms with van der Waals surface area (Å²) in [6, 6.07) is 13.7. The molecule has 0 saturated heterocycles. The van der Waals surface area contributed by atoms with E-state index >= 15 is 0 Å². The summed E-state index contributed by atoms with van der Waals surface area (Å²) in [6.45, 7) is 13.9. The molecule has 0 aromatic heterocycles. The molecule has 0 fully saturated rings. The van der Waals surface area contributed by atoms with Gasteiger partial charge in [-0.1, -0.05) is 89.6 Å². The van der Waals surface area contributed by atoms with Crippen molar-refractivity contribution in [1.29, 1.82) is 0 Å². The van der Waals surface area contributed by atoms with Crippen molar-refractivity contribution < 1.29 is 0 Å². The monoisotopic (exact) mass is 332 g/mol. The summed E-state index contributed by atoms with van der Waals surface area (Å²) >= 11 is 0. The molecule has 25 heavy (non-hydrogen) atoms. The van der Waals surface area contributed by atoms with Crippen molar-refractivity contribution in [1.82, 2.24) is 0 Å². The third-order valence-electron chi connectivity index (χ3n) is 5.28. The lowest BCUT2D eigenvalue weighted by atomic mass is 9.83. The minimum atomic E-state index is 0.531. The second-order valence-corrected chi connectivity index (χ2v) is 8.58. The maximum atomic E-state index is 2.49. The fourth-order valence-electron chi connectivity index (χ4n) is 4.16. The van der Waals surface area contributed by atoms with E-state index in [1.54, 1.807) is 5.57 Å². The topological polar surface area (TPSA) is 0 Å². The van der Waals surface area contributed by atoms with Gasteiger partial charge < -0.3 is 0 Å². The predicted octanol–water partition coefficient (Wildman–Crippen LogP) is 7.59. The second-order valence-electron chi connectivity index (χ2n) is 8.58. The Kier molecular flexibility index (Phi) is 5.18. The molecule has 0 amide bonds. The summed E-state index contributed by atoms with van der Waals surface area (Å²) < 4.78 is 0. The molecule has 0 N–H and O–H groups in total. The number of benzene rings is 2. The summed E-state index contributed by atoms with van der Waals surface area (Å²) in [5.41, 5.74) is 10.4. The molecule has 132 valence electrons. The van der Waals surface area contributed by atoms with Crippen molar-refractivity contribution in [2.24, 2.45) is 5.92 Å². The Morgan fingerprint density at radius 1 is 0.800 bits per heavy atom. The van der Waals surface area contributed by atoms with Gasteiger partial charge in [0.25, 0.3) is 0 Å². The van der Waals surface area contributed by atoms with E-state index in [0.717, 1.165) is 12.3 Å². The molecule has 0 unspecified atom stereocenters. The summed E-state index contributed by atoms with van der Waals surface area (Å²) in [4.78, 5) is 0. The Morgan fingerprint density at radius 3 is 2.12 bits per heavy atom. The van der Waals surface area contributed by atoms with Crippen LogP contribution in [0.4, 0.5) is 0 Å². The molecule has 0 atom stereocenters. The van der Waals surface area contributed by atoms with Gasteiger partial charge in [-0.2, -0.15) is 0 Å². The van der Waals surface area contributed by atoms with Gasteiger partial charge in [-0.25, -0.2) is 0 Å². The van der Waals surface area contributed by atoms with Gasteiger partial charge in [0.1, 0.15) is 0 Å². The predicted molar refractivity (Wildman–Crippen MR) is 111 cm³/mol. The molecule has 3 rings (SSSR count). The van der Waals surface area contributed by atoms with Gasteiger partial charge in [0.2, 0.25) is 0 Å². The fourth-order valence-corrected chi connectivity index (χ4v) is 4.16. The second kappa shape index (κ2) is 7.20. The highest BCUT2D eigenvalue weighted by molar-refractivity contribution is 5.85. The van der Waals surface area contributed by atoms with Crippen LogP contribution >= 0.6 is 0 Å². The molecule has 2 aromatic rings. The summed E-state index contributed by atoms with van der Waals surface area (Å²) in [6.07, 6.45) is 4.83. The molecule has 0 heterocycles. The van der Waals surface area contributed by atoms with Gasteiger partial charge in [0, 0.05) is 0 Å². The molecule has 1 aliphatic rings. The molecular weight excluding hydrogens is 300 g/mol. The molecule has 0 bridgehead atoms. The normalized spacial score (nSPS) is 13.7. The molecule has 0 nitrogen and oxygen atoms in total. The van der Waals surface area contributed by atoms with E-state index in [-0.39, 0.29) is 0 Å². The highest BCUT2D eigenvalue weighted by atomic mass is 14.3. The van der Waals surface area contributed by atoms with Gasteiger partial charge in [-0.15, -0.1) is 0 Å². The molecule has 1 aliphatic carbocycles. The quantitative estimate of drug-likeness (QED) is 0.529. The number of rotatable bonds is 5. The average molecular weight is 333 g/mol. The molecule has 0 aliphatic heterocycles. The van der Waals surface area contributed by atoms with Crippen molar-refractivity contribution in [3.63, 3.8) is 0 Å². The summed E-state index contributed by atoms with van der Waals surface area (Å²) in [7, 11) is 0. The molecule has 0 saturated carbocycles. The SMILES string of the molecule is CC(C)CC1=Cc2c(ccc(C(C)C)c2-c2ccccc2C(C)C)C1. The van der Waals surface area contributed by atoms with Crippen LogP contribution in [0.15, 0.2) is 42.0 Å². The molecule has 0 radical (unpaired) electrons. The fraction of sp³-hybridized carbons (Fsp3) is 0.440. The van der Waals surface area contributed by atoms with Crippen LogP contribution in [0.3, 0.4) is 0 Å². The van der Waals surface area contributed by atoms with E-state index in [4.69, 9.17) is 0 Å². The first kappa shape index (κ1) is 18.0. The van der Waals surface area contributed by atoms with Gasteiger partial charge in [-0.05, 0) is 64.0 Å². The Balaban J connectivity index is 2.23. The largest absolute Gasteiger partial charge is 0.0649 e. The zero-order valence-corrected chi connectivity index (χ0v) is 16.7. The van der Waals surface area contributed by atoms with Crippen LogP contribution in [0.1, 0.15) is 82.1 Å². The van der Waals surface area contributed by atoms with Crippen LogP contribution in [0, 0.1) is 5.92 Å². The van der Waals surface area contributed by atoms with Crippen LogP contribution in [-0.2, 0) is 6.42 Å². The van der Waals surface area contributed by atoms with E-state index in [1.807, 2.05) is 0 Å². The zero-order valence-electron chi connectivity index (χ0n) is 16.7. The minimum absolute atomic E-state index is 0.531. The van der Waals surface area contributed by atoms with E-state index in [2.05, 4.69) is 84.0 Å². The number of allylic oxidation sites excluding steroid dienone is 1. The van der Waals surface area contributed by atoms with Crippen LogP contribution in [-0.4, -0.2) is 0 Å². The van der Waals surface area contributed by atoms with Crippen LogP contribution in [0.5, 0.6) is 0 Å². The van der Waals surface area contributed by atoms with Gasteiger partial charge in [0.05, 0.1) is 0 Å². The van der Waals surface area contributed by atoms with Gasteiger partial charge >= 0.3 is 0 Å². The average Bonchev–Trinajstić information content (AvgIpc) is 2.95. The van der Waals surface area contributed by atoms with Crippen molar-refractivity contribution in [3.8, 4) is 11.1 Å². The standard InChI is InChI=1S/C25H32/c1-16(2)13-19-14-20-11-12-22(18(5)6)25(24(20)15-19)23-10-8-7-9-21(23)17(3)4/h7-12,15-18H,13-14H2,1-6H3. The summed E-state index contributed by atoms with van der Waals surface area (Å²) in [5, 5.41) is 0. The van der Waals surface area contributed by atoms with Crippen molar-refractivity contribution in [2.45, 2.75) is 66.2 Å². The molecular formula is C25H32. The minimum Gasteiger partial charge on any atom is -0.0649 e. The zero-order chi connectivity index (χ0) is 18.1. The Morgan fingerprint density at radius 2 is 1.48 bits per heavy atom. The molecule has 0 heteroatoms. The maximum Gasteiger partial charge on any atom is -0.00575 e. The van der Waals surface area contributed by atoms with Gasteiger partial charge in [0.15, 0.2) is 0 Å². The highest BCUT2D eigenvalue weighted by Crippen LogP contribution is 2.42. The Bertz CT molecular complexity index is 788. The Labute approximate surface area is 154 Å². The number of hydrogen-bond donors (Lipinski definition) is 0. The highest BCUT2D eigenvalue weighted by Gasteiger charge is 2.23. The molecule has 0 spiro atoms. The maximum absolute atomic E-state index is 2.49. The van der Waals surface area contributed by atoms with Crippen molar-refractivity contribution in [2.75, 3.05) is 0 Å². The van der Waals surface area contributed by atoms with Gasteiger partial charge in [-0.3, -0.25) is 0 Å². The Hall–Kier alpha value is -1.82. The summed E-state index contributed by atoms with van der Waals surface area (Å²) in [5.74, 6) is 1.78. The van der Waals surface area contributed by atoms with E-state index in [1.165, 1.54) is 39.8 Å². The first-order chi connectivity index (χ1) is 11.9. The number of fused-ring (bicyclic) bond motifs is 1. The first-order valence-electron chi connectivity index (χ1n) is 9.83. The third-order valence-corrected chi connectivity index (χ3v) is 5.28. The van der Waals surface area contributed by atoms with E-state index in [9.17, 15) is 0 Å². The van der Waals surface area contributed by atoms with Crippen molar-refractivity contribution >= 4 is 6.08 Å². The lowest BCUT2D eigenvalue weighted by Crippen LogP contribution is -2.01. The van der Waals surface area contributed by atoms with Crippen molar-refractivity contribution in [3.05, 3.63) is 64.2 Å². The van der Waals surface area contributed by atoms with E-state index in [0.29, 0.717) is 11.8 Å². The lowest BCUT2D eigenvalue weighted by Gasteiger charge is -2.21. The first-order valence-corrected chi connectivity index (χ1v) is 9.83. The lowest BCUT2D eigenvalue weighted by molar-refractivity contribution is 0.638. The smallest absolute Gasteiger partial charge is 0.00575 e. The van der Waals surface area contributed by atoms with E-state index < -0.39 is 0 Å². The van der Waals surface area contributed by atoms with Crippen LogP contribution in [0.2, 0.25) is 0 Å². The molecule has 2 aromatic carbocycles. The third kappa shape index (κ3) is 3.59. The number of hydrogen-bond acceptors (Lipinski definition) is 0. The van der Waals surface area contributed by atoms with Crippen LogP contribution in [0.25, 0.3) is 17.2 Å². The van der Waals surface area contributed by atoms with Crippen LogP contribution < -0.4 is 0 Å².